The van der Waals surface area contributed by atoms with E-state index in [9.17, 15) is 4.79 Å². The van der Waals surface area contributed by atoms with E-state index < -0.39 is 0 Å². The lowest BCUT2D eigenvalue weighted by Crippen LogP contribution is -2.36. The molecule has 0 aliphatic carbocycles. The van der Waals surface area contributed by atoms with Crippen LogP contribution in [-0.2, 0) is 16.1 Å². The van der Waals surface area contributed by atoms with Crippen LogP contribution >= 0.6 is 23.2 Å². The molecular weight excluding hydrogens is 309 g/mol. The zero-order valence-corrected chi connectivity index (χ0v) is 14.0. The Balaban J connectivity index is 2.00. The molecule has 1 fully saturated rings. The number of hydrogen-bond acceptors (Lipinski definition) is 2. The third-order valence-electron chi connectivity index (χ3n) is 4.18. The number of amides is 1. The van der Waals surface area contributed by atoms with E-state index in [1.54, 1.807) is 11.0 Å². The molecular formula is C16H21Cl2NO2. The first-order valence-electron chi connectivity index (χ1n) is 7.26. The van der Waals surface area contributed by atoms with Crippen LogP contribution in [0.3, 0.4) is 0 Å². The largest absolute Gasteiger partial charge is 0.381 e. The monoisotopic (exact) mass is 329 g/mol. The first kappa shape index (κ1) is 16.6. The van der Waals surface area contributed by atoms with E-state index in [0.717, 1.165) is 31.6 Å². The molecule has 1 aliphatic rings. The first-order valence-corrected chi connectivity index (χ1v) is 8.02. The summed E-state index contributed by atoms with van der Waals surface area (Å²) < 4.78 is 5.36. The zero-order valence-electron chi connectivity index (χ0n) is 12.4. The second-order valence-electron chi connectivity index (χ2n) is 5.65. The summed E-state index contributed by atoms with van der Waals surface area (Å²) in [5.41, 5.74) is 0.874. The SMILES string of the molecule is C[C@H](C(=O)N(C)Cc1cccc(Cl)c1Cl)C1CCOCC1. The molecule has 0 aromatic heterocycles. The maximum Gasteiger partial charge on any atom is 0.225 e. The molecule has 5 heteroatoms. The van der Waals surface area contributed by atoms with Gasteiger partial charge >= 0.3 is 0 Å². The summed E-state index contributed by atoms with van der Waals surface area (Å²) in [5.74, 6) is 0.568. The Labute approximate surface area is 136 Å². The Bertz CT molecular complexity index is 501. The lowest BCUT2D eigenvalue weighted by Gasteiger charge is -2.30. The molecule has 0 unspecified atom stereocenters. The van der Waals surface area contributed by atoms with Gasteiger partial charge in [-0.1, -0.05) is 42.3 Å². The molecule has 0 radical (unpaired) electrons. The van der Waals surface area contributed by atoms with Crippen LogP contribution in [0.25, 0.3) is 0 Å². The third-order valence-corrected chi connectivity index (χ3v) is 5.04. The van der Waals surface area contributed by atoms with Gasteiger partial charge in [-0.05, 0) is 30.4 Å². The Kier molecular flexibility index (Phi) is 5.91. The number of benzene rings is 1. The summed E-state index contributed by atoms with van der Waals surface area (Å²) in [4.78, 5) is 14.3. The van der Waals surface area contributed by atoms with Crippen LogP contribution in [-0.4, -0.2) is 31.1 Å². The number of carbonyl (C=O) groups excluding carboxylic acids is 1. The molecule has 2 rings (SSSR count). The van der Waals surface area contributed by atoms with Crippen LogP contribution in [0.2, 0.25) is 10.0 Å². The maximum atomic E-state index is 12.6. The molecule has 1 aromatic rings. The molecule has 21 heavy (non-hydrogen) atoms. The number of ether oxygens (including phenoxy) is 1. The third kappa shape index (κ3) is 4.12. The summed E-state index contributed by atoms with van der Waals surface area (Å²) in [7, 11) is 1.81. The molecule has 1 aromatic carbocycles. The summed E-state index contributed by atoms with van der Waals surface area (Å²) in [5, 5.41) is 1.05. The minimum absolute atomic E-state index is 0.0110. The van der Waals surface area contributed by atoms with Gasteiger partial charge in [0, 0.05) is 32.7 Å². The minimum Gasteiger partial charge on any atom is -0.381 e. The smallest absolute Gasteiger partial charge is 0.225 e. The highest BCUT2D eigenvalue weighted by Crippen LogP contribution is 2.28. The van der Waals surface area contributed by atoms with Gasteiger partial charge in [0.25, 0.3) is 0 Å². The average molecular weight is 330 g/mol. The van der Waals surface area contributed by atoms with Crippen molar-refractivity contribution in [3.8, 4) is 0 Å². The van der Waals surface area contributed by atoms with Crippen molar-refractivity contribution in [2.24, 2.45) is 11.8 Å². The number of halogens is 2. The molecule has 0 bridgehead atoms. The molecule has 1 aliphatic heterocycles. The van der Waals surface area contributed by atoms with Gasteiger partial charge in [-0.3, -0.25) is 4.79 Å². The zero-order chi connectivity index (χ0) is 15.4. The van der Waals surface area contributed by atoms with Crippen LogP contribution in [0.1, 0.15) is 25.3 Å². The Morgan fingerprint density at radius 2 is 2.05 bits per heavy atom. The van der Waals surface area contributed by atoms with Gasteiger partial charge in [-0.25, -0.2) is 0 Å². The fourth-order valence-corrected chi connectivity index (χ4v) is 3.15. The molecule has 1 atom stereocenters. The number of nitrogens with zero attached hydrogens (tertiary/aromatic N) is 1. The normalized spacial score (nSPS) is 17.5. The Morgan fingerprint density at radius 1 is 1.38 bits per heavy atom. The quantitative estimate of drug-likeness (QED) is 0.835. The number of hydrogen-bond donors (Lipinski definition) is 0. The van der Waals surface area contributed by atoms with Crippen molar-refractivity contribution in [1.29, 1.82) is 0 Å². The van der Waals surface area contributed by atoms with Crippen molar-refractivity contribution < 1.29 is 9.53 Å². The van der Waals surface area contributed by atoms with E-state index in [1.807, 2.05) is 26.1 Å². The second-order valence-corrected chi connectivity index (χ2v) is 6.43. The van der Waals surface area contributed by atoms with Gasteiger partial charge in [-0.15, -0.1) is 0 Å². The van der Waals surface area contributed by atoms with Gasteiger partial charge in [0.05, 0.1) is 10.0 Å². The second kappa shape index (κ2) is 7.48. The molecule has 3 nitrogen and oxygen atoms in total. The molecule has 1 saturated heterocycles. The summed E-state index contributed by atoms with van der Waals surface area (Å²) in [6.07, 6.45) is 1.91. The van der Waals surface area contributed by atoms with Gasteiger partial charge in [0.15, 0.2) is 0 Å². The summed E-state index contributed by atoms with van der Waals surface area (Å²) >= 11 is 12.2. The Hall–Kier alpha value is -0.770. The van der Waals surface area contributed by atoms with E-state index in [4.69, 9.17) is 27.9 Å². The number of carbonyl (C=O) groups is 1. The fraction of sp³-hybridized carbons (Fsp3) is 0.562. The predicted octanol–water partition coefficient (Wildman–Crippen LogP) is 4.01. The fourth-order valence-electron chi connectivity index (χ4n) is 2.77. The van der Waals surface area contributed by atoms with Crippen molar-refractivity contribution in [2.45, 2.75) is 26.3 Å². The van der Waals surface area contributed by atoms with Gasteiger partial charge in [0.1, 0.15) is 0 Å². The van der Waals surface area contributed by atoms with Crippen LogP contribution in [0.4, 0.5) is 0 Å². The van der Waals surface area contributed by atoms with E-state index >= 15 is 0 Å². The lowest BCUT2D eigenvalue weighted by atomic mass is 9.86. The van der Waals surface area contributed by atoms with Gasteiger partial charge in [0.2, 0.25) is 5.91 Å². The Morgan fingerprint density at radius 3 is 2.71 bits per heavy atom. The topological polar surface area (TPSA) is 29.5 Å². The lowest BCUT2D eigenvalue weighted by molar-refractivity contribution is -0.137. The van der Waals surface area contributed by atoms with Crippen LogP contribution in [0.15, 0.2) is 18.2 Å². The summed E-state index contributed by atoms with van der Waals surface area (Å²) in [6, 6.07) is 5.50. The highest BCUT2D eigenvalue weighted by molar-refractivity contribution is 6.42. The highest BCUT2D eigenvalue weighted by Gasteiger charge is 2.28. The minimum atomic E-state index is 0.0110. The summed E-state index contributed by atoms with van der Waals surface area (Å²) in [6.45, 7) is 4.00. The van der Waals surface area contributed by atoms with Crippen LogP contribution in [0, 0.1) is 11.8 Å². The van der Waals surface area contributed by atoms with Crippen molar-refractivity contribution in [3.05, 3.63) is 33.8 Å². The molecule has 1 heterocycles. The van der Waals surface area contributed by atoms with Crippen molar-refractivity contribution in [2.75, 3.05) is 20.3 Å². The van der Waals surface area contributed by atoms with Crippen LogP contribution < -0.4 is 0 Å². The standard InChI is InChI=1S/C16H21Cl2NO2/c1-11(12-6-8-21-9-7-12)16(20)19(2)10-13-4-3-5-14(17)15(13)18/h3-5,11-12H,6-10H2,1-2H3/t11-/m0/s1. The van der Waals surface area contributed by atoms with E-state index in [1.165, 1.54) is 0 Å². The molecule has 0 N–H and O–H groups in total. The van der Waals surface area contributed by atoms with Crippen molar-refractivity contribution in [1.82, 2.24) is 4.90 Å². The maximum absolute atomic E-state index is 12.6. The molecule has 0 saturated carbocycles. The number of rotatable bonds is 4. The van der Waals surface area contributed by atoms with E-state index in [2.05, 4.69) is 0 Å². The van der Waals surface area contributed by atoms with Gasteiger partial charge < -0.3 is 9.64 Å². The van der Waals surface area contributed by atoms with E-state index in [0.29, 0.717) is 22.5 Å². The molecule has 0 spiro atoms. The highest BCUT2D eigenvalue weighted by atomic mass is 35.5. The van der Waals surface area contributed by atoms with Gasteiger partial charge in [-0.2, -0.15) is 0 Å². The van der Waals surface area contributed by atoms with Crippen LogP contribution in [0.5, 0.6) is 0 Å². The molecule has 1 amide bonds. The van der Waals surface area contributed by atoms with Crippen molar-refractivity contribution >= 4 is 29.1 Å². The van der Waals surface area contributed by atoms with Crippen molar-refractivity contribution in [3.63, 3.8) is 0 Å². The first-order chi connectivity index (χ1) is 10.0. The van der Waals surface area contributed by atoms with E-state index in [-0.39, 0.29) is 11.8 Å². The average Bonchev–Trinajstić information content (AvgIpc) is 2.51. The molecule has 116 valence electrons. The predicted molar refractivity (Wildman–Crippen MR) is 85.6 cm³/mol.